The Bertz CT molecular complexity index is 676. The van der Waals surface area contributed by atoms with Gasteiger partial charge in [0, 0.05) is 0 Å². The van der Waals surface area contributed by atoms with Crippen LogP contribution in [0.2, 0.25) is 0 Å². The highest BCUT2D eigenvalue weighted by molar-refractivity contribution is 5.25. The van der Waals surface area contributed by atoms with Gasteiger partial charge in [-0.1, -0.05) is 31.1 Å². The zero-order valence-electron chi connectivity index (χ0n) is 19.3. The Balaban J connectivity index is 1.53. The van der Waals surface area contributed by atoms with E-state index in [1.54, 1.807) is 5.57 Å². The molecule has 8 atom stereocenters. The summed E-state index contributed by atoms with van der Waals surface area (Å²) in [6.07, 6.45) is 14.7. The summed E-state index contributed by atoms with van der Waals surface area (Å²) in [7, 11) is 0. The second-order valence-corrected chi connectivity index (χ2v) is 12.0. The molecule has 0 saturated heterocycles. The largest absolute Gasteiger partial charge is 0.393 e. The first-order chi connectivity index (χ1) is 13.6. The summed E-state index contributed by atoms with van der Waals surface area (Å²) in [6.45, 7) is 13.3. The van der Waals surface area contributed by atoms with Crippen molar-refractivity contribution in [2.24, 2.45) is 34.5 Å². The summed E-state index contributed by atoms with van der Waals surface area (Å²) in [4.78, 5) is 0. The van der Waals surface area contributed by atoms with E-state index in [-0.39, 0.29) is 11.5 Å². The first-order valence-electron chi connectivity index (χ1n) is 12.3. The van der Waals surface area contributed by atoms with Crippen molar-refractivity contribution in [3.8, 4) is 0 Å². The summed E-state index contributed by atoms with van der Waals surface area (Å²) >= 11 is 0. The Hall–Kier alpha value is -0.600. The minimum Gasteiger partial charge on any atom is -0.393 e. The van der Waals surface area contributed by atoms with Crippen LogP contribution in [0.4, 0.5) is 0 Å². The Morgan fingerprint density at radius 1 is 1.17 bits per heavy atom. The molecule has 0 amide bonds. The van der Waals surface area contributed by atoms with Gasteiger partial charge in [-0.2, -0.15) is 0 Å². The molecule has 2 N–H and O–H groups in total. The molecule has 2 nitrogen and oxygen atoms in total. The Morgan fingerprint density at radius 3 is 2.66 bits per heavy atom. The van der Waals surface area contributed by atoms with Crippen LogP contribution in [0, 0.1) is 34.5 Å². The van der Waals surface area contributed by atoms with Crippen molar-refractivity contribution in [2.45, 2.75) is 110 Å². The van der Waals surface area contributed by atoms with Crippen LogP contribution in [0.5, 0.6) is 0 Å². The molecule has 4 unspecified atom stereocenters. The van der Waals surface area contributed by atoms with Crippen LogP contribution < -0.4 is 0 Å². The van der Waals surface area contributed by atoms with Gasteiger partial charge in [-0.25, -0.2) is 0 Å². The summed E-state index contributed by atoms with van der Waals surface area (Å²) in [5.74, 6) is 2.73. The second-order valence-electron chi connectivity index (χ2n) is 12.0. The maximum atomic E-state index is 11.5. The molecule has 0 aromatic rings. The number of hydrogen-bond acceptors (Lipinski definition) is 2. The highest BCUT2D eigenvalue weighted by atomic mass is 16.3. The normalized spacial score (nSPS) is 46.1. The van der Waals surface area contributed by atoms with Crippen molar-refractivity contribution in [2.75, 3.05) is 0 Å². The number of allylic oxidation sites excluding steroid dienone is 2. The van der Waals surface area contributed by atoms with Gasteiger partial charge in [-0.3, -0.25) is 0 Å². The average molecular weight is 401 g/mol. The predicted octanol–water partition coefficient (Wildman–Crippen LogP) is 6.42. The maximum Gasteiger partial charge on any atom is 0.0653 e. The molecule has 4 rings (SSSR count). The number of aliphatic hydroxyl groups excluding tert-OH is 1. The SMILES string of the molecule is C=C(C)CCC[C@](C)(O)C1CCC2C3CC=C4C[C@@H](O)CC[C@]4(C)C3CC[C@@]21C. The predicted molar refractivity (Wildman–Crippen MR) is 120 cm³/mol. The molecule has 2 heteroatoms. The highest BCUT2D eigenvalue weighted by Gasteiger charge is 2.61. The van der Waals surface area contributed by atoms with E-state index >= 15 is 0 Å². The molecule has 0 heterocycles. The molecule has 29 heavy (non-hydrogen) atoms. The van der Waals surface area contributed by atoms with Gasteiger partial charge in [0.15, 0.2) is 0 Å². The lowest BCUT2D eigenvalue weighted by Gasteiger charge is -2.59. The van der Waals surface area contributed by atoms with Gasteiger partial charge in [0.05, 0.1) is 11.7 Å². The van der Waals surface area contributed by atoms with Gasteiger partial charge in [-0.15, -0.1) is 6.58 Å². The lowest BCUT2D eigenvalue weighted by atomic mass is 9.46. The van der Waals surface area contributed by atoms with Gasteiger partial charge in [0.1, 0.15) is 0 Å². The summed E-state index contributed by atoms with van der Waals surface area (Å²) < 4.78 is 0. The van der Waals surface area contributed by atoms with Crippen LogP contribution in [0.1, 0.15) is 98.3 Å². The van der Waals surface area contributed by atoms with Gasteiger partial charge >= 0.3 is 0 Å². The van der Waals surface area contributed by atoms with Gasteiger partial charge in [0.25, 0.3) is 0 Å². The van der Waals surface area contributed by atoms with E-state index in [0.29, 0.717) is 11.3 Å². The Kier molecular flexibility index (Phi) is 5.61. The Labute approximate surface area is 178 Å². The van der Waals surface area contributed by atoms with Crippen molar-refractivity contribution in [1.29, 1.82) is 0 Å². The van der Waals surface area contributed by atoms with E-state index in [4.69, 9.17) is 0 Å². The monoisotopic (exact) mass is 400 g/mol. The van der Waals surface area contributed by atoms with Crippen LogP contribution in [0.25, 0.3) is 0 Å². The third-order valence-electron chi connectivity index (χ3n) is 10.1. The van der Waals surface area contributed by atoms with Crippen LogP contribution in [0.3, 0.4) is 0 Å². The molecule has 0 aromatic carbocycles. The van der Waals surface area contributed by atoms with Gasteiger partial charge < -0.3 is 10.2 Å². The van der Waals surface area contributed by atoms with E-state index in [9.17, 15) is 10.2 Å². The fourth-order valence-electron chi connectivity index (χ4n) is 8.59. The summed E-state index contributed by atoms with van der Waals surface area (Å²) in [6, 6.07) is 0. The van der Waals surface area contributed by atoms with Crippen LogP contribution in [0.15, 0.2) is 23.8 Å². The van der Waals surface area contributed by atoms with Crippen molar-refractivity contribution in [1.82, 2.24) is 0 Å². The van der Waals surface area contributed by atoms with Crippen molar-refractivity contribution >= 4 is 0 Å². The molecule has 164 valence electrons. The van der Waals surface area contributed by atoms with Crippen LogP contribution in [-0.4, -0.2) is 21.9 Å². The smallest absolute Gasteiger partial charge is 0.0653 e. The first-order valence-corrected chi connectivity index (χ1v) is 12.3. The second kappa shape index (κ2) is 7.52. The third kappa shape index (κ3) is 3.57. The minimum atomic E-state index is -0.555. The van der Waals surface area contributed by atoms with Gasteiger partial charge in [-0.05, 0) is 119 Å². The van der Waals surface area contributed by atoms with Crippen molar-refractivity contribution < 1.29 is 10.2 Å². The van der Waals surface area contributed by atoms with E-state index in [1.807, 2.05) is 0 Å². The van der Waals surface area contributed by atoms with E-state index in [2.05, 4.69) is 40.3 Å². The highest BCUT2D eigenvalue weighted by Crippen LogP contribution is 2.67. The lowest BCUT2D eigenvalue weighted by molar-refractivity contribution is -0.105. The van der Waals surface area contributed by atoms with Crippen molar-refractivity contribution in [3.05, 3.63) is 23.8 Å². The summed E-state index contributed by atoms with van der Waals surface area (Å²) in [5, 5.41) is 21.7. The molecular weight excluding hydrogens is 356 g/mol. The van der Waals surface area contributed by atoms with Gasteiger partial charge in [0.2, 0.25) is 0 Å². The zero-order chi connectivity index (χ0) is 21.0. The topological polar surface area (TPSA) is 40.5 Å². The molecule has 0 bridgehead atoms. The summed E-state index contributed by atoms with van der Waals surface area (Å²) in [5.41, 5.74) is 2.82. The fourth-order valence-corrected chi connectivity index (χ4v) is 8.59. The van der Waals surface area contributed by atoms with E-state index in [0.717, 1.165) is 56.3 Å². The van der Waals surface area contributed by atoms with E-state index < -0.39 is 5.60 Å². The molecule has 0 aromatic heterocycles. The molecular formula is C27H44O2. The number of rotatable bonds is 5. The van der Waals surface area contributed by atoms with Crippen LogP contribution in [-0.2, 0) is 0 Å². The first kappa shape index (κ1) is 21.6. The molecule has 4 aliphatic rings. The molecule has 0 radical (unpaired) electrons. The Morgan fingerprint density at radius 2 is 1.93 bits per heavy atom. The fraction of sp³-hybridized carbons (Fsp3) is 0.852. The van der Waals surface area contributed by atoms with E-state index in [1.165, 1.54) is 37.7 Å². The number of hydrogen-bond donors (Lipinski definition) is 2. The molecule has 0 aliphatic heterocycles. The quantitative estimate of drug-likeness (QED) is 0.522. The number of aliphatic hydroxyl groups is 2. The lowest BCUT2D eigenvalue weighted by Crippen LogP contribution is -2.53. The molecule has 0 spiro atoms. The maximum absolute atomic E-state index is 11.5. The van der Waals surface area contributed by atoms with Crippen molar-refractivity contribution in [3.63, 3.8) is 0 Å². The molecule has 3 fully saturated rings. The minimum absolute atomic E-state index is 0.120. The number of fused-ring (bicyclic) bond motifs is 5. The average Bonchev–Trinajstić information content (AvgIpc) is 3.00. The standard InChI is InChI=1S/C27H44O2/c1-18(2)7-6-14-27(5,29)24-11-10-22-21-9-8-19-17-20(28)12-15-25(19,3)23(21)13-16-26(22,24)4/h8,20-24,28-29H,1,6-7,9-17H2,2-5H3/t20-,21?,22?,23?,24?,25-,26-,27-/m0/s1. The zero-order valence-corrected chi connectivity index (χ0v) is 19.3. The third-order valence-corrected chi connectivity index (χ3v) is 10.1. The van der Waals surface area contributed by atoms with Crippen LogP contribution >= 0.6 is 0 Å². The molecule has 4 aliphatic carbocycles. The molecule has 3 saturated carbocycles.